The number of ether oxygens (including phenoxy) is 3. The Kier molecular flexibility index (Phi) is 10.7. The number of hydrogen-bond acceptors (Lipinski definition) is 8. The molecule has 3 aromatic rings. The van der Waals surface area contributed by atoms with Crippen molar-refractivity contribution < 1.29 is 41.8 Å². The zero-order valence-electron chi connectivity index (χ0n) is 25.2. The fourth-order valence-corrected chi connectivity index (χ4v) is 6.23. The van der Waals surface area contributed by atoms with Crippen LogP contribution in [0.15, 0.2) is 36.5 Å². The van der Waals surface area contributed by atoms with E-state index in [1.165, 1.54) is 0 Å². The van der Waals surface area contributed by atoms with Gasteiger partial charge in [-0.2, -0.15) is 0 Å². The van der Waals surface area contributed by atoms with Gasteiger partial charge < -0.3 is 14.2 Å². The lowest BCUT2D eigenvalue weighted by Crippen LogP contribution is -2.49. The number of rotatable bonds is 12. The minimum Gasteiger partial charge on any atom is -0.497 e. The molecule has 45 heavy (non-hydrogen) atoms. The van der Waals surface area contributed by atoms with Crippen LogP contribution >= 0.6 is 0 Å². The summed E-state index contributed by atoms with van der Waals surface area (Å²) in [5.74, 6) is -4.32. The lowest BCUT2D eigenvalue weighted by atomic mass is 9.73. The van der Waals surface area contributed by atoms with Gasteiger partial charge in [-0.1, -0.05) is 0 Å². The number of pyridine rings is 1. The van der Waals surface area contributed by atoms with E-state index in [4.69, 9.17) is 14.2 Å². The number of nitrogens with zero attached hydrogens (tertiary/aromatic N) is 3. The van der Waals surface area contributed by atoms with Crippen LogP contribution in [0.2, 0.25) is 0 Å². The standard InChI is InChI=1S/C32H38F4N4O5/c1-43-22-2-3-28-24(16-22)29(21(19-37-28)20-40-10-13-44-14-11-40)25(33)4-5-32(31(41)38-42)6-8-39(9-7-32)12-15-45-23-17-26(34)30(36)27(35)18-23/h2-3,16-19,25,42H,4-15,20H2,1H3,(H,38,41). The highest BCUT2D eigenvalue weighted by atomic mass is 19.2. The predicted octanol–water partition coefficient (Wildman–Crippen LogP) is 4.95. The summed E-state index contributed by atoms with van der Waals surface area (Å²) < 4.78 is 73.0. The van der Waals surface area contributed by atoms with E-state index < -0.39 is 34.9 Å². The molecular formula is C32H38F4N4O5. The van der Waals surface area contributed by atoms with Crippen LogP contribution < -0.4 is 15.0 Å². The van der Waals surface area contributed by atoms with E-state index in [-0.39, 0.29) is 25.2 Å². The zero-order chi connectivity index (χ0) is 32.0. The Bertz CT molecular complexity index is 1460. The first-order valence-electron chi connectivity index (χ1n) is 15.1. The molecule has 0 aliphatic carbocycles. The lowest BCUT2D eigenvalue weighted by Gasteiger charge is -2.40. The average molecular weight is 635 g/mol. The Labute approximate surface area is 259 Å². The van der Waals surface area contributed by atoms with E-state index >= 15 is 4.39 Å². The Morgan fingerprint density at radius 2 is 1.78 bits per heavy atom. The molecule has 1 amide bonds. The van der Waals surface area contributed by atoms with Gasteiger partial charge in [0.2, 0.25) is 5.91 Å². The summed E-state index contributed by atoms with van der Waals surface area (Å²) >= 11 is 0. The quantitative estimate of drug-likeness (QED) is 0.125. The number of halogens is 4. The topological polar surface area (TPSA) is 96.4 Å². The summed E-state index contributed by atoms with van der Waals surface area (Å²) in [5.41, 5.74) is 2.73. The van der Waals surface area contributed by atoms with Gasteiger partial charge in [-0.25, -0.2) is 23.0 Å². The number of carbonyl (C=O) groups is 1. The van der Waals surface area contributed by atoms with E-state index in [1.54, 1.807) is 37.0 Å². The molecule has 0 radical (unpaired) electrons. The molecule has 2 saturated heterocycles. The van der Waals surface area contributed by atoms with E-state index in [9.17, 15) is 23.2 Å². The summed E-state index contributed by atoms with van der Waals surface area (Å²) in [7, 11) is 1.55. The number of morpholine rings is 1. The highest BCUT2D eigenvalue weighted by Crippen LogP contribution is 2.42. The van der Waals surface area contributed by atoms with Crippen molar-refractivity contribution in [3.63, 3.8) is 0 Å². The van der Waals surface area contributed by atoms with Crippen molar-refractivity contribution in [2.75, 3.05) is 59.7 Å². The minimum absolute atomic E-state index is 0.0463. The van der Waals surface area contributed by atoms with Crippen LogP contribution in [0, 0.1) is 22.9 Å². The molecule has 2 aliphatic rings. The predicted molar refractivity (Wildman–Crippen MR) is 157 cm³/mol. The van der Waals surface area contributed by atoms with Crippen molar-refractivity contribution >= 4 is 16.8 Å². The number of fused-ring (bicyclic) bond motifs is 1. The Hall–Kier alpha value is -3.52. The number of benzene rings is 2. The van der Waals surface area contributed by atoms with E-state index in [0.29, 0.717) is 74.5 Å². The maximum Gasteiger partial charge on any atom is 0.249 e. The monoisotopic (exact) mass is 634 g/mol. The maximum absolute atomic E-state index is 16.5. The first-order valence-corrected chi connectivity index (χ1v) is 15.1. The molecule has 5 rings (SSSR count). The van der Waals surface area contributed by atoms with Crippen LogP contribution in [0.3, 0.4) is 0 Å². The van der Waals surface area contributed by atoms with Crippen molar-refractivity contribution in [2.45, 2.75) is 38.4 Å². The van der Waals surface area contributed by atoms with Crippen molar-refractivity contribution in [2.24, 2.45) is 5.41 Å². The highest BCUT2D eigenvalue weighted by molar-refractivity contribution is 5.85. The zero-order valence-corrected chi connectivity index (χ0v) is 25.2. The molecule has 13 heteroatoms. The molecule has 1 unspecified atom stereocenters. The molecule has 2 aliphatic heterocycles. The van der Waals surface area contributed by atoms with Gasteiger partial charge in [-0.15, -0.1) is 0 Å². The third kappa shape index (κ3) is 7.66. The second-order valence-corrected chi connectivity index (χ2v) is 11.6. The van der Waals surface area contributed by atoms with Gasteiger partial charge in [0.1, 0.15) is 24.3 Å². The van der Waals surface area contributed by atoms with Gasteiger partial charge >= 0.3 is 0 Å². The molecular weight excluding hydrogens is 596 g/mol. The summed E-state index contributed by atoms with van der Waals surface area (Å²) in [6, 6.07) is 6.94. The number of amides is 1. The summed E-state index contributed by atoms with van der Waals surface area (Å²) in [6.07, 6.45) is 1.27. The number of carbonyl (C=O) groups excluding carboxylic acids is 1. The lowest BCUT2D eigenvalue weighted by molar-refractivity contribution is -0.143. The molecule has 3 heterocycles. The van der Waals surface area contributed by atoms with Gasteiger partial charge in [-0.05, 0) is 62.5 Å². The molecule has 2 fully saturated rings. The number of hydroxylamine groups is 1. The first kappa shape index (κ1) is 32.9. The largest absolute Gasteiger partial charge is 0.497 e. The molecule has 244 valence electrons. The van der Waals surface area contributed by atoms with Crippen molar-refractivity contribution in [1.29, 1.82) is 0 Å². The first-order chi connectivity index (χ1) is 21.7. The average Bonchev–Trinajstić information content (AvgIpc) is 3.06. The SMILES string of the molecule is COc1ccc2ncc(CN3CCOCC3)c(C(F)CCC3(C(=O)NO)CCN(CCOc4cc(F)c(F)c(F)c4)CC3)c2c1. The van der Waals surface area contributed by atoms with Gasteiger partial charge in [0.15, 0.2) is 17.5 Å². The molecule has 0 bridgehead atoms. The Morgan fingerprint density at radius 3 is 2.44 bits per heavy atom. The Balaban J connectivity index is 1.27. The van der Waals surface area contributed by atoms with Gasteiger partial charge in [0, 0.05) is 55.5 Å². The van der Waals surface area contributed by atoms with Gasteiger partial charge in [0.05, 0.1) is 31.3 Å². The molecule has 0 spiro atoms. The number of nitrogens with one attached hydrogen (secondary N) is 1. The summed E-state index contributed by atoms with van der Waals surface area (Å²) in [6.45, 7) is 4.56. The fraction of sp³-hybridized carbons (Fsp3) is 0.500. The molecule has 1 aromatic heterocycles. The second-order valence-electron chi connectivity index (χ2n) is 11.6. The number of methoxy groups -OCH3 is 1. The van der Waals surface area contributed by atoms with E-state index in [1.807, 2.05) is 4.90 Å². The number of hydrogen-bond donors (Lipinski definition) is 2. The maximum atomic E-state index is 16.5. The van der Waals surface area contributed by atoms with Gasteiger partial charge in [0.25, 0.3) is 0 Å². The third-order valence-electron chi connectivity index (χ3n) is 8.92. The number of piperidine rings is 1. The van der Waals surface area contributed by atoms with Crippen molar-refractivity contribution in [3.05, 3.63) is 65.1 Å². The van der Waals surface area contributed by atoms with E-state index in [2.05, 4.69) is 9.88 Å². The van der Waals surface area contributed by atoms with Gasteiger partial charge in [-0.3, -0.25) is 24.8 Å². The van der Waals surface area contributed by atoms with Crippen molar-refractivity contribution in [3.8, 4) is 11.5 Å². The molecule has 2 aromatic carbocycles. The highest BCUT2D eigenvalue weighted by Gasteiger charge is 2.42. The normalized spacial score (nSPS) is 18.1. The molecule has 1 atom stereocenters. The van der Waals surface area contributed by atoms with Crippen LogP contribution in [0.5, 0.6) is 11.5 Å². The smallest absolute Gasteiger partial charge is 0.249 e. The van der Waals surface area contributed by atoms with Crippen LogP contribution in [-0.2, 0) is 16.1 Å². The summed E-state index contributed by atoms with van der Waals surface area (Å²) in [4.78, 5) is 21.8. The minimum atomic E-state index is -1.56. The fourth-order valence-electron chi connectivity index (χ4n) is 6.23. The second kappa shape index (κ2) is 14.7. The van der Waals surface area contributed by atoms with Crippen LogP contribution in [0.1, 0.15) is 43.0 Å². The van der Waals surface area contributed by atoms with E-state index in [0.717, 1.165) is 30.8 Å². The third-order valence-corrected chi connectivity index (χ3v) is 8.92. The van der Waals surface area contributed by atoms with Crippen LogP contribution in [0.4, 0.5) is 17.6 Å². The van der Waals surface area contributed by atoms with Crippen LogP contribution in [-0.4, -0.2) is 85.6 Å². The molecule has 9 nitrogen and oxygen atoms in total. The number of aromatic nitrogens is 1. The summed E-state index contributed by atoms with van der Waals surface area (Å²) in [5, 5.41) is 10.3. The number of likely N-dealkylation sites (tertiary alicyclic amines) is 1. The number of alkyl halides is 1. The van der Waals surface area contributed by atoms with Crippen molar-refractivity contribution in [1.82, 2.24) is 20.3 Å². The molecule has 2 N–H and O–H groups in total. The molecule has 0 saturated carbocycles. The Morgan fingerprint density at radius 1 is 1.07 bits per heavy atom. The van der Waals surface area contributed by atoms with Crippen LogP contribution in [0.25, 0.3) is 10.9 Å².